The van der Waals surface area contributed by atoms with Crippen LogP contribution in [-0.2, 0) is 6.54 Å². The number of hydrogen-bond donors (Lipinski definition) is 1. The molecule has 0 aliphatic heterocycles. The van der Waals surface area contributed by atoms with Gasteiger partial charge in [0.1, 0.15) is 5.75 Å². The van der Waals surface area contributed by atoms with E-state index in [9.17, 15) is 5.11 Å². The highest BCUT2D eigenvalue weighted by Crippen LogP contribution is 2.28. The molecular formula is C15H22BrNO2. The molecule has 1 saturated carbocycles. The van der Waals surface area contributed by atoms with E-state index in [1.54, 1.807) is 7.11 Å². The Hall–Kier alpha value is -0.580. The van der Waals surface area contributed by atoms with Crippen molar-refractivity contribution in [3.8, 4) is 5.75 Å². The van der Waals surface area contributed by atoms with Gasteiger partial charge in [0, 0.05) is 29.2 Å². The largest absolute Gasteiger partial charge is 0.496 e. The highest BCUT2D eigenvalue weighted by atomic mass is 79.9. The molecule has 0 atom stereocenters. The summed E-state index contributed by atoms with van der Waals surface area (Å²) in [6, 6.07) is 6.70. The molecule has 1 aromatic carbocycles. The van der Waals surface area contributed by atoms with Crippen molar-refractivity contribution >= 4 is 15.9 Å². The Labute approximate surface area is 123 Å². The van der Waals surface area contributed by atoms with Crippen molar-refractivity contribution in [3.63, 3.8) is 0 Å². The standard InChI is InChI=1S/C15H22BrNO2/c1-19-15-7-6-13(16)10-12(15)11-17(8-9-18)14-4-2-3-5-14/h6-7,10,14,18H,2-5,8-9,11H2,1H3. The molecule has 0 amide bonds. The minimum Gasteiger partial charge on any atom is -0.496 e. The highest BCUT2D eigenvalue weighted by Gasteiger charge is 2.23. The van der Waals surface area contributed by atoms with E-state index in [0.717, 1.165) is 23.3 Å². The number of nitrogens with zero attached hydrogens (tertiary/aromatic N) is 1. The monoisotopic (exact) mass is 327 g/mol. The molecule has 0 spiro atoms. The van der Waals surface area contributed by atoms with E-state index in [2.05, 4.69) is 26.9 Å². The van der Waals surface area contributed by atoms with Crippen LogP contribution < -0.4 is 4.74 Å². The topological polar surface area (TPSA) is 32.7 Å². The smallest absolute Gasteiger partial charge is 0.123 e. The van der Waals surface area contributed by atoms with Gasteiger partial charge in [-0.05, 0) is 31.0 Å². The number of methoxy groups -OCH3 is 1. The molecule has 1 aromatic rings. The normalized spacial score (nSPS) is 16.2. The first-order valence-electron chi connectivity index (χ1n) is 6.92. The van der Waals surface area contributed by atoms with Gasteiger partial charge in [-0.2, -0.15) is 0 Å². The lowest BCUT2D eigenvalue weighted by Crippen LogP contribution is -2.35. The number of hydrogen-bond acceptors (Lipinski definition) is 3. The Kier molecular flexibility index (Phi) is 5.67. The van der Waals surface area contributed by atoms with Crippen molar-refractivity contribution in [1.82, 2.24) is 4.90 Å². The maximum absolute atomic E-state index is 9.27. The Morgan fingerprint density at radius 1 is 1.37 bits per heavy atom. The van der Waals surface area contributed by atoms with Gasteiger partial charge in [-0.1, -0.05) is 28.8 Å². The van der Waals surface area contributed by atoms with Crippen LogP contribution in [-0.4, -0.2) is 36.3 Å². The Balaban J connectivity index is 2.13. The van der Waals surface area contributed by atoms with Crippen molar-refractivity contribution in [3.05, 3.63) is 28.2 Å². The van der Waals surface area contributed by atoms with Gasteiger partial charge in [-0.15, -0.1) is 0 Å². The quantitative estimate of drug-likeness (QED) is 0.870. The van der Waals surface area contributed by atoms with Gasteiger partial charge in [0.15, 0.2) is 0 Å². The highest BCUT2D eigenvalue weighted by molar-refractivity contribution is 9.10. The third-order valence-corrected chi connectivity index (χ3v) is 4.34. The Bertz CT molecular complexity index is 405. The zero-order valence-electron chi connectivity index (χ0n) is 11.4. The molecule has 3 nitrogen and oxygen atoms in total. The second kappa shape index (κ2) is 7.27. The van der Waals surface area contributed by atoms with Gasteiger partial charge < -0.3 is 9.84 Å². The molecule has 19 heavy (non-hydrogen) atoms. The first kappa shape index (κ1) is 14.8. The lowest BCUT2D eigenvalue weighted by Gasteiger charge is -2.28. The average Bonchev–Trinajstić information content (AvgIpc) is 2.92. The van der Waals surface area contributed by atoms with Crippen LogP contribution in [0, 0.1) is 0 Å². The van der Waals surface area contributed by atoms with E-state index >= 15 is 0 Å². The predicted octanol–water partition coefficient (Wildman–Crippen LogP) is 3.19. The van der Waals surface area contributed by atoms with Crippen molar-refractivity contribution in [1.29, 1.82) is 0 Å². The molecule has 106 valence electrons. The molecule has 2 rings (SSSR count). The summed E-state index contributed by atoms with van der Waals surface area (Å²) in [6.07, 6.45) is 5.11. The second-order valence-electron chi connectivity index (χ2n) is 5.09. The van der Waals surface area contributed by atoms with Crippen molar-refractivity contribution in [2.45, 2.75) is 38.3 Å². The molecule has 0 unspecified atom stereocenters. The summed E-state index contributed by atoms with van der Waals surface area (Å²) in [5.41, 5.74) is 1.18. The molecule has 1 aliphatic carbocycles. The first-order chi connectivity index (χ1) is 9.24. The average molecular weight is 328 g/mol. The molecule has 0 heterocycles. The number of halogens is 1. The summed E-state index contributed by atoms with van der Waals surface area (Å²) < 4.78 is 6.50. The van der Waals surface area contributed by atoms with E-state index in [1.807, 2.05) is 12.1 Å². The molecule has 0 saturated heterocycles. The molecule has 0 bridgehead atoms. The number of aliphatic hydroxyl groups is 1. The number of rotatable bonds is 6. The van der Waals surface area contributed by atoms with Crippen molar-refractivity contribution in [2.75, 3.05) is 20.3 Å². The van der Waals surface area contributed by atoms with E-state index in [1.165, 1.54) is 31.2 Å². The number of aliphatic hydroxyl groups excluding tert-OH is 1. The second-order valence-corrected chi connectivity index (χ2v) is 6.00. The molecule has 1 aliphatic rings. The maximum atomic E-state index is 9.27. The minimum absolute atomic E-state index is 0.215. The third kappa shape index (κ3) is 3.94. The zero-order valence-corrected chi connectivity index (χ0v) is 13.0. The summed E-state index contributed by atoms with van der Waals surface area (Å²) in [5, 5.41) is 9.27. The molecule has 4 heteroatoms. The molecule has 0 radical (unpaired) electrons. The first-order valence-corrected chi connectivity index (χ1v) is 7.71. The van der Waals surface area contributed by atoms with Crippen LogP contribution in [0.25, 0.3) is 0 Å². The summed E-state index contributed by atoms with van der Waals surface area (Å²) in [7, 11) is 1.71. The van der Waals surface area contributed by atoms with Crippen LogP contribution in [0.5, 0.6) is 5.75 Å². The summed E-state index contributed by atoms with van der Waals surface area (Å²) in [6.45, 7) is 1.79. The lowest BCUT2D eigenvalue weighted by molar-refractivity contribution is 0.143. The third-order valence-electron chi connectivity index (χ3n) is 3.84. The van der Waals surface area contributed by atoms with Crippen LogP contribution >= 0.6 is 15.9 Å². The van der Waals surface area contributed by atoms with Gasteiger partial charge in [0.2, 0.25) is 0 Å². The van der Waals surface area contributed by atoms with E-state index in [-0.39, 0.29) is 6.61 Å². The van der Waals surface area contributed by atoms with Gasteiger partial charge in [0.05, 0.1) is 13.7 Å². The maximum Gasteiger partial charge on any atom is 0.123 e. The predicted molar refractivity (Wildman–Crippen MR) is 80.4 cm³/mol. The number of ether oxygens (including phenoxy) is 1. The van der Waals surface area contributed by atoms with Crippen LogP contribution in [0.2, 0.25) is 0 Å². The Morgan fingerprint density at radius 3 is 2.74 bits per heavy atom. The molecule has 1 fully saturated rings. The van der Waals surface area contributed by atoms with E-state index in [4.69, 9.17) is 4.74 Å². The van der Waals surface area contributed by atoms with Crippen LogP contribution in [0.15, 0.2) is 22.7 Å². The van der Waals surface area contributed by atoms with Crippen LogP contribution in [0.4, 0.5) is 0 Å². The van der Waals surface area contributed by atoms with Gasteiger partial charge >= 0.3 is 0 Å². The Morgan fingerprint density at radius 2 is 2.11 bits per heavy atom. The summed E-state index contributed by atoms with van der Waals surface area (Å²) in [4.78, 5) is 2.39. The summed E-state index contributed by atoms with van der Waals surface area (Å²) in [5.74, 6) is 0.920. The fraction of sp³-hybridized carbons (Fsp3) is 0.600. The van der Waals surface area contributed by atoms with Gasteiger partial charge in [-0.3, -0.25) is 4.90 Å². The molecule has 0 aromatic heterocycles. The van der Waals surface area contributed by atoms with E-state index < -0.39 is 0 Å². The van der Waals surface area contributed by atoms with Crippen LogP contribution in [0.1, 0.15) is 31.2 Å². The summed E-state index contributed by atoms with van der Waals surface area (Å²) >= 11 is 3.51. The van der Waals surface area contributed by atoms with Gasteiger partial charge in [0.25, 0.3) is 0 Å². The minimum atomic E-state index is 0.215. The fourth-order valence-corrected chi connectivity index (χ4v) is 3.29. The lowest BCUT2D eigenvalue weighted by atomic mass is 10.1. The zero-order chi connectivity index (χ0) is 13.7. The van der Waals surface area contributed by atoms with Gasteiger partial charge in [-0.25, -0.2) is 0 Å². The molecular weight excluding hydrogens is 306 g/mol. The van der Waals surface area contributed by atoms with E-state index in [0.29, 0.717) is 6.04 Å². The van der Waals surface area contributed by atoms with Crippen molar-refractivity contribution in [2.24, 2.45) is 0 Å². The SMILES string of the molecule is COc1ccc(Br)cc1CN(CCO)C1CCCC1. The van der Waals surface area contributed by atoms with Crippen LogP contribution in [0.3, 0.4) is 0 Å². The molecule has 1 N–H and O–H groups in total. The number of benzene rings is 1. The van der Waals surface area contributed by atoms with Crippen molar-refractivity contribution < 1.29 is 9.84 Å². The fourth-order valence-electron chi connectivity index (χ4n) is 2.88.